The molecule has 1 aromatic carbocycles. The summed E-state index contributed by atoms with van der Waals surface area (Å²) in [5.74, 6) is 1.52. The van der Waals surface area contributed by atoms with E-state index in [-0.39, 0.29) is 30.0 Å². The number of aromatic hydroxyl groups is 1. The second-order valence-corrected chi connectivity index (χ2v) is 8.20. The van der Waals surface area contributed by atoms with Gasteiger partial charge in [0.25, 0.3) is 5.56 Å². The molecule has 0 atom stereocenters. The Morgan fingerprint density at radius 1 is 1.19 bits per heavy atom. The van der Waals surface area contributed by atoms with Gasteiger partial charge in [-0.15, -0.1) is 0 Å². The quantitative estimate of drug-likeness (QED) is 0.528. The molecule has 1 aliphatic rings. The Bertz CT molecular complexity index is 1270. The molecule has 1 aliphatic heterocycles. The third kappa shape index (κ3) is 4.67. The van der Waals surface area contributed by atoms with Crippen LogP contribution in [-0.4, -0.2) is 29.6 Å². The van der Waals surface area contributed by atoms with Crippen LogP contribution in [0.3, 0.4) is 0 Å². The number of aromatic nitrogens is 4. The van der Waals surface area contributed by atoms with E-state index in [4.69, 9.17) is 16.1 Å². The lowest BCUT2D eigenvalue weighted by atomic mass is 10.1. The number of fused-ring (bicyclic) bond motifs is 1. The predicted molar refractivity (Wildman–Crippen MR) is 120 cm³/mol. The van der Waals surface area contributed by atoms with E-state index in [2.05, 4.69) is 15.1 Å². The molecule has 0 bridgehead atoms. The first-order valence-corrected chi connectivity index (χ1v) is 11.0. The fourth-order valence-electron chi connectivity index (χ4n) is 3.74. The van der Waals surface area contributed by atoms with Crippen molar-refractivity contribution >= 4 is 22.6 Å². The summed E-state index contributed by atoms with van der Waals surface area (Å²) >= 11 is 6.06. The van der Waals surface area contributed by atoms with Crippen LogP contribution in [-0.2, 0) is 32.4 Å². The fraction of sp³-hybridized carbons (Fsp3) is 0.409. The Morgan fingerprint density at radius 3 is 2.78 bits per heavy atom. The molecule has 32 heavy (non-hydrogen) atoms. The number of benzene rings is 1. The van der Waals surface area contributed by atoms with Gasteiger partial charge in [0.05, 0.1) is 5.56 Å². The lowest BCUT2D eigenvalue weighted by Crippen LogP contribution is -2.41. The maximum atomic E-state index is 13.0. The van der Waals surface area contributed by atoms with Crippen LogP contribution < -0.4 is 11.2 Å². The molecular weight excluding hydrogens is 434 g/mol. The molecule has 0 unspecified atom stereocenters. The average molecular weight is 458 g/mol. The Labute approximate surface area is 189 Å². The van der Waals surface area contributed by atoms with Gasteiger partial charge in [-0.3, -0.25) is 13.9 Å². The highest BCUT2D eigenvalue weighted by molar-refractivity contribution is 6.66. The van der Waals surface area contributed by atoms with Crippen molar-refractivity contribution in [1.29, 1.82) is 0 Å². The van der Waals surface area contributed by atoms with E-state index in [0.29, 0.717) is 54.1 Å². The summed E-state index contributed by atoms with van der Waals surface area (Å²) in [4.78, 5) is 34.4. The molecule has 0 amide bonds. The number of rotatable bonds is 9. The van der Waals surface area contributed by atoms with Crippen LogP contribution in [0, 0.1) is 0 Å². The van der Waals surface area contributed by atoms with Crippen LogP contribution in [0.15, 0.2) is 43.4 Å². The number of aryl methyl sites for hydroxylation is 1. The van der Waals surface area contributed by atoms with E-state index in [1.165, 1.54) is 4.57 Å². The molecule has 3 aromatic rings. The average Bonchev–Trinajstić information content (AvgIpc) is 3.37. The first-order valence-electron chi connectivity index (χ1n) is 10.6. The molecule has 0 fully saturated rings. The number of unbranched alkanes of at least 4 members (excludes halogenated alkanes) is 1. The van der Waals surface area contributed by atoms with Gasteiger partial charge < -0.3 is 9.63 Å². The van der Waals surface area contributed by atoms with Gasteiger partial charge in [0.1, 0.15) is 16.7 Å². The minimum atomic E-state index is -0.368. The molecule has 2 aromatic heterocycles. The van der Waals surface area contributed by atoms with Gasteiger partial charge in [-0.25, -0.2) is 9.79 Å². The van der Waals surface area contributed by atoms with Crippen LogP contribution in [0.2, 0.25) is 0 Å². The summed E-state index contributed by atoms with van der Waals surface area (Å²) in [5, 5.41) is 13.9. The monoisotopic (exact) mass is 457 g/mol. The number of hydrogen-bond acceptors (Lipinski definition) is 7. The largest absolute Gasteiger partial charge is 0.508 e. The number of hydrogen-bond donors (Lipinski definition) is 1. The van der Waals surface area contributed by atoms with Crippen LogP contribution >= 0.6 is 11.6 Å². The Morgan fingerprint density at radius 2 is 2.00 bits per heavy atom. The lowest BCUT2D eigenvalue weighted by molar-refractivity contribution is 0.366. The summed E-state index contributed by atoms with van der Waals surface area (Å²) in [7, 11) is 0. The van der Waals surface area contributed by atoms with Crippen molar-refractivity contribution in [2.24, 2.45) is 4.99 Å². The standard InChI is InChI=1S/C22H24ClN5O4/c1-2-3-9-27-20-16(13-17(23)24-20)21(30)28(22(27)31)10-5-8-19-25-18(26-32-19)12-14-6-4-7-15(29)11-14/h4,6-7,11,29H,2-3,5,8-10,12-13H2,1H3. The topological polar surface area (TPSA) is 116 Å². The third-order valence-corrected chi connectivity index (χ3v) is 5.55. The van der Waals surface area contributed by atoms with Crippen molar-refractivity contribution in [3.8, 4) is 5.75 Å². The minimum Gasteiger partial charge on any atom is -0.508 e. The van der Waals surface area contributed by atoms with Gasteiger partial charge in [-0.05, 0) is 30.5 Å². The van der Waals surface area contributed by atoms with Crippen molar-refractivity contribution in [1.82, 2.24) is 19.3 Å². The molecule has 0 aliphatic carbocycles. The Hall–Kier alpha value is -3.20. The number of aliphatic imine (C=N–C) groups is 1. The SMILES string of the molecule is CCCCn1c2c(c(=O)n(CCCc3nc(Cc4cccc(O)c4)no3)c1=O)CC(Cl)=N2. The summed E-state index contributed by atoms with van der Waals surface area (Å²) < 4.78 is 8.11. The second-order valence-electron chi connectivity index (χ2n) is 7.77. The highest BCUT2D eigenvalue weighted by Crippen LogP contribution is 2.24. The highest BCUT2D eigenvalue weighted by Gasteiger charge is 2.24. The zero-order valence-corrected chi connectivity index (χ0v) is 18.5. The Kier molecular flexibility index (Phi) is 6.55. The molecule has 3 heterocycles. The normalized spacial score (nSPS) is 12.8. The van der Waals surface area contributed by atoms with Crippen molar-refractivity contribution in [3.05, 3.63) is 67.9 Å². The van der Waals surface area contributed by atoms with Crippen LogP contribution in [0.4, 0.5) is 5.82 Å². The maximum absolute atomic E-state index is 13.0. The van der Waals surface area contributed by atoms with Crippen molar-refractivity contribution in [3.63, 3.8) is 0 Å². The number of phenols is 1. The smallest absolute Gasteiger partial charge is 0.332 e. The molecule has 0 spiro atoms. The summed E-state index contributed by atoms with van der Waals surface area (Å²) in [6.45, 7) is 2.77. The van der Waals surface area contributed by atoms with Crippen LogP contribution in [0.1, 0.15) is 49.0 Å². The van der Waals surface area contributed by atoms with Gasteiger partial charge >= 0.3 is 5.69 Å². The third-order valence-electron chi connectivity index (χ3n) is 5.33. The molecule has 168 valence electrons. The molecule has 9 nitrogen and oxygen atoms in total. The number of halogens is 1. The van der Waals surface area contributed by atoms with Crippen LogP contribution in [0.5, 0.6) is 5.75 Å². The fourth-order valence-corrected chi connectivity index (χ4v) is 3.96. The number of phenolic OH excluding ortho intramolecular Hbond substituents is 1. The van der Waals surface area contributed by atoms with Gasteiger partial charge in [0, 0.05) is 32.4 Å². The summed E-state index contributed by atoms with van der Waals surface area (Å²) in [6.07, 6.45) is 3.34. The Balaban J connectivity index is 1.46. The van der Waals surface area contributed by atoms with Crippen LogP contribution in [0.25, 0.3) is 0 Å². The van der Waals surface area contributed by atoms with Gasteiger partial charge in [0.15, 0.2) is 5.82 Å². The molecule has 0 saturated heterocycles. The second kappa shape index (κ2) is 9.52. The van der Waals surface area contributed by atoms with E-state index < -0.39 is 0 Å². The van der Waals surface area contributed by atoms with Crippen molar-refractivity contribution < 1.29 is 9.63 Å². The van der Waals surface area contributed by atoms with Gasteiger partial charge in [-0.2, -0.15) is 4.98 Å². The zero-order chi connectivity index (χ0) is 22.7. The zero-order valence-electron chi connectivity index (χ0n) is 17.8. The van der Waals surface area contributed by atoms with E-state index in [1.807, 2.05) is 13.0 Å². The molecule has 4 rings (SSSR count). The molecule has 1 N–H and O–H groups in total. The van der Waals surface area contributed by atoms with Gasteiger partial charge in [-0.1, -0.05) is 42.2 Å². The van der Waals surface area contributed by atoms with Crippen molar-refractivity contribution in [2.45, 2.75) is 58.5 Å². The van der Waals surface area contributed by atoms with Crippen molar-refractivity contribution in [2.75, 3.05) is 0 Å². The first-order chi connectivity index (χ1) is 15.5. The lowest BCUT2D eigenvalue weighted by Gasteiger charge is -2.13. The number of nitrogens with zero attached hydrogens (tertiary/aromatic N) is 5. The minimum absolute atomic E-state index is 0.183. The predicted octanol–water partition coefficient (Wildman–Crippen LogP) is 2.95. The summed E-state index contributed by atoms with van der Waals surface area (Å²) in [5.41, 5.74) is 0.632. The van der Waals surface area contributed by atoms with E-state index in [0.717, 1.165) is 18.4 Å². The van der Waals surface area contributed by atoms with Gasteiger partial charge in [0.2, 0.25) is 5.89 Å². The molecule has 10 heteroatoms. The first kappa shape index (κ1) is 22.0. The molecular formula is C22H24ClN5O4. The van der Waals surface area contributed by atoms with E-state index >= 15 is 0 Å². The van der Waals surface area contributed by atoms with E-state index in [9.17, 15) is 14.7 Å². The maximum Gasteiger partial charge on any atom is 0.332 e. The van der Waals surface area contributed by atoms with E-state index in [1.54, 1.807) is 22.8 Å². The highest BCUT2D eigenvalue weighted by atomic mass is 35.5. The summed E-state index contributed by atoms with van der Waals surface area (Å²) in [6, 6.07) is 6.87. The molecule has 0 saturated carbocycles. The molecule has 0 radical (unpaired) electrons.